The van der Waals surface area contributed by atoms with E-state index in [-0.39, 0.29) is 16.8 Å². The monoisotopic (exact) mass is 415 g/mol. The Bertz CT molecular complexity index is 1050. The Labute approximate surface area is 168 Å². The van der Waals surface area contributed by atoms with Crippen LogP contribution in [0.3, 0.4) is 0 Å². The minimum atomic E-state index is -3.45. The highest BCUT2D eigenvalue weighted by atomic mass is 32.2. The van der Waals surface area contributed by atoms with E-state index in [0.29, 0.717) is 18.8 Å². The summed E-state index contributed by atoms with van der Waals surface area (Å²) in [6, 6.07) is 14.4. The topological polar surface area (TPSA) is 80.2 Å². The molecule has 1 aromatic carbocycles. The molecule has 0 atom stereocenters. The highest BCUT2D eigenvalue weighted by Crippen LogP contribution is 2.22. The Hall–Kier alpha value is -2.42. The van der Waals surface area contributed by atoms with Gasteiger partial charge < -0.3 is 9.88 Å². The van der Waals surface area contributed by atoms with Gasteiger partial charge in [-0.05, 0) is 54.1 Å². The fraction of sp³-hybridized carbons (Fsp3) is 0.250. The molecule has 6 nitrogen and oxygen atoms in total. The third kappa shape index (κ3) is 4.52. The van der Waals surface area contributed by atoms with Gasteiger partial charge in [0.2, 0.25) is 10.0 Å². The van der Waals surface area contributed by atoms with Crippen LogP contribution in [-0.4, -0.2) is 24.9 Å². The zero-order chi connectivity index (χ0) is 19.6. The van der Waals surface area contributed by atoms with Crippen LogP contribution < -0.4 is 10.0 Å². The molecule has 0 aliphatic heterocycles. The van der Waals surface area contributed by atoms with E-state index in [1.54, 1.807) is 41.7 Å². The number of thiophene rings is 1. The van der Waals surface area contributed by atoms with Crippen LogP contribution in [0.4, 0.5) is 0 Å². The third-order valence-corrected chi connectivity index (χ3v) is 6.95. The van der Waals surface area contributed by atoms with Crippen molar-refractivity contribution in [2.24, 2.45) is 0 Å². The molecule has 2 aromatic heterocycles. The van der Waals surface area contributed by atoms with Crippen LogP contribution in [0.1, 0.15) is 33.8 Å². The highest BCUT2D eigenvalue weighted by Gasteiger charge is 2.27. The maximum Gasteiger partial charge on any atom is 0.268 e. The number of hydrogen-bond donors (Lipinski definition) is 2. The molecule has 3 aromatic rings. The van der Waals surface area contributed by atoms with Crippen molar-refractivity contribution in [2.45, 2.75) is 36.9 Å². The third-order valence-electron chi connectivity index (χ3n) is 4.55. The van der Waals surface area contributed by atoms with Crippen molar-refractivity contribution in [1.82, 2.24) is 14.6 Å². The predicted octanol–water partition coefficient (Wildman–Crippen LogP) is 2.97. The fourth-order valence-electron chi connectivity index (χ4n) is 2.88. The molecule has 0 radical (unpaired) electrons. The molecule has 0 bridgehead atoms. The molecule has 0 spiro atoms. The molecule has 8 heteroatoms. The molecular formula is C20H21N3O3S2. The number of carbonyl (C=O) groups excluding carboxylic acids is 1. The Morgan fingerprint density at radius 1 is 1.11 bits per heavy atom. The Morgan fingerprint density at radius 3 is 2.57 bits per heavy atom. The van der Waals surface area contributed by atoms with E-state index in [9.17, 15) is 13.2 Å². The summed E-state index contributed by atoms with van der Waals surface area (Å²) in [5.41, 5.74) is 1.44. The summed E-state index contributed by atoms with van der Waals surface area (Å²) in [5, 5.41) is 4.92. The summed E-state index contributed by atoms with van der Waals surface area (Å²) in [4.78, 5) is 14.0. The Balaban J connectivity index is 1.37. The van der Waals surface area contributed by atoms with Gasteiger partial charge in [-0.1, -0.05) is 18.2 Å². The van der Waals surface area contributed by atoms with Gasteiger partial charge in [0, 0.05) is 23.7 Å². The zero-order valence-electron chi connectivity index (χ0n) is 15.2. The number of nitrogens with zero attached hydrogens (tertiary/aromatic N) is 1. The summed E-state index contributed by atoms with van der Waals surface area (Å²) < 4.78 is 29.0. The van der Waals surface area contributed by atoms with Crippen LogP contribution >= 0.6 is 11.3 Å². The van der Waals surface area contributed by atoms with Crippen LogP contribution in [0.5, 0.6) is 0 Å². The first-order valence-electron chi connectivity index (χ1n) is 9.08. The van der Waals surface area contributed by atoms with Crippen molar-refractivity contribution in [3.05, 3.63) is 76.2 Å². The van der Waals surface area contributed by atoms with Gasteiger partial charge in [-0.25, -0.2) is 13.1 Å². The van der Waals surface area contributed by atoms with Crippen molar-refractivity contribution in [2.75, 3.05) is 0 Å². The van der Waals surface area contributed by atoms with Gasteiger partial charge >= 0.3 is 0 Å². The van der Waals surface area contributed by atoms with E-state index in [4.69, 9.17) is 0 Å². The summed E-state index contributed by atoms with van der Waals surface area (Å²) >= 11 is 1.66. The summed E-state index contributed by atoms with van der Waals surface area (Å²) in [6.07, 6.45) is 3.69. The van der Waals surface area contributed by atoms with E-state index in [1.165, 1.54) is 4.88 Å². The molecule has 1 fully saturated rings. The molecule has 1 amide bonds. The van der Waals surface area contributed by atoms with Crippen molar-refractivity contribution < 1.29 is 13.2 Å². The van der Waals surface area contributed by atoms with Gasteiger partial charge in [0.05, 0.1) is 11.4 Å². The maximum absolute atomic E-state index is 12.5. The predicted molar refractivity (Wildman–Crippen MR) is 109 cm³/mol. The minimum Gasteiger partial charge on any atom is -0.347 e. The smallest absolute Gasteiger partial charge is 0.268 e. The van der Waals surface area contributed by atoms with E-state index in [0.717, 1.165) is 18.4 Å². The second-order valence-electron chi connectivity index (χ2n) is 6.82. The van der Waals surface area contributed by atoms with Gasteiger partial charge in [0.15, 0.2) is 0 Å². The molecule has 0 unspecified atom stereocenters. The van der Waals surface area contributed by atoms with Crippen LogP contribution in [0, 0.1) is 0 Å². The Morgan fingerprint density at radius 2 is 1.89 bits per heavy atom. The van der Waals surface area contributed by atoms with Crippen LogP contribution in [-0.2, 0) is 23.1 Å². The average molecular weight is 416 g/mol. The quantitative estimate of drug-likeness (QED) is 0.594. The van der Waals surface area contributed by atoms with Gasteiger partial charge in [-0.15, -0.1) is 11.3 Å². The Kier molecular flexibility index (Phi) is 5.34. The molecule has 28 heavy (non-hydrogen) atoms. The normalized spacial score (nSPS) is 14.1. The summed E-state index contributed by atoms with van der Waals surface area (Å²) in [7, 11) is -3.45. The number of aromatic nitrogens is 1. The standard InChI is InChI=1S/C20H21N3O3S2/c24-20(19-4-1-11-23(19)14-17-3-2-12-27-17)21-13-15-5-9-18(10-6-15)28(25,26)22-16-7-8-16/h1-6,9-12,16,22H,7-8,13-14H2,(H,21,24). The molecule has 1 aliphatic rings. The number of carbonyl (C=O) groups is 1. The molecule has 1 aliphatic carbocycles. The number of hydrogen-bond acceptors (Lipinski definition) is 4. The van der Waals surface area contributed by atoms with E-state index in [1.807, 2.05) is 34.3 Å². The average Bonchev–Trinajstić information content (AvgIpc) is 3.15. The first kappa shape index (κ1) is 18.9. The van der Waals surface area contributed by atoms with Gasteiger partial charge in [0.1, 0.15) is 5.69 Å². The molecule has 4 rings (SSSR count). The lowest BCUT2D eigenvalue weighted by Gasteiger charge is -2.10. The lowest BCUT2D eigenvalue weighted by Crippen LogP contribution is -2.26. The number of rotatable bonds is 8. The molecule has 2 N–H and O–H groups in total. The summed E-state index contributed by atoms with van der Waals surface area (Å²) in [5.74, 6) is -0.159. The van der Waals surface area contributed by atoms with Crippen LogP contribution in [0.2, 0.25) is 0 Å². The molecule has 1 saturated carbocycles. The minimum absolute atomic E-state index is 0.0781. The van der Waals surface area contributed by atoms with E-state index >= 15 is 0 Å². The second kappa shape index (κ2) is 7.90. The van der Waals surface area contributed by atoms with Crippen molar-refractivity contribution in [3.63, 3.8) is 0 Å². The maximum atomic E-state index is 12.5. The zero-order valence-corrected chi connectivity index (χ0v) is 16.8. The lowest BCUT2D eigenvalue weighted by atomic mass is 10.2. The van der Waals surface area contributed by atoms with Gasteiger partial charge in [0.25, 0.3) is 5.91 Å². The van der Waals surface area contributed by atoms with E-state index in [2.05, 4.69) is 10.0 Å². The number of sulfonamides is 1. The van der Waals surface area contributed by atoms with Gasteiger partial charge in [-0.3, -0.25) is 4.79 Å². The molecular weight excluding hydrogens is 394 g/mol. The SMILES string of the molecule is O=C(NCc1ccc(S(=O)(=O)NC2CC2)cc1)c1cccn1Cc1cccs1. The molecule has 2 heterocycles. The lowest BCUT2D eigenvalue weighted by molar-refractivity contribution is 0.0942. The molecule has 0 saturated heterocycles. The first-order valence-corrected chi connectivity index (χ1v) is 11.4. The number of benzene rings is 1. The first-order chi connectivity index (χ1) is 13.5. The van der Waals surface area contributed by atoms with Crippen molar-refractivity contribution in [1.29, 1.82) is 0 Å². The van der Waals surface area contributed by atoms with Crippen molar-refractivity contribution >= 4 is 27.3 Å². The number of nitrogens with one attached hydrogen (secondary N) is 2. The van der Waals surface area contributed by atoms with Crippen LogP contribution in [0.15, 0.2) is 65.0 Å². The van der Waals surface area contributed by atoms with Crippen molar-refractivity contribution in [3.8, 4) is 0 Å². The van der Waals surface area contributed by atoms with E-state index < -0.39 is 10.0 Å². The largest absolute Gasteiger partial charge is 0.347 e. The number of amides is 1. The summed E-state index contributed by atoms with van der Waals surface area (Å²) in [6.45, 7) is 0.993. The fourth-order valence-corrected chi connectivity index (χ4v) is 4.88. The second-order valence-corrected chi connectivity index (χ2v) is 9.57. The molecule has 146 valence electrons. The van der Waals surface area contributed by atoms with Crippen LogP contribution in [0.25, 0.3) is 0 Å². The highest BCUT2D eigenvalue weighted by molar-refractivity contribution is 7.89. The van der Waals surface area contributed by atoms with Gasteiger partial charge in [-0.2, -0.15) is 0 Å².